The lowest BCUT2D eigenvalue weighted by molar-refractivity contribution is -0.121. The van der Waals surface area contributed by atoms with Gasteiger partial charge in [0, 0.05) is 19.8 Å². The molecule has 0 radical (unpaired) electrons. The summed E-state index contributed by atoms with van der Waals surface area (Å²) in [6.07, 6.45) is 0.847. The Morgan fingerprint density at radius 2 is 1.93 bits per heavy atom. The van der Waals surface area contributed by atoms with E-state index in [2.05, 4.69) is 12.2 Å². The highest BCUT2D eigenvalue weighted by molar-refractivity contribution is 5.76. The second kappa shape index (κ2) is 10.6. The maximum Gasteiger partial charge on any atom is 0.155 e. The third-order valence-electron chi connectivity index (χ3n) is 1.56. The topological polar surface area (TPSA) is 47.6 Å². The smallest absolute Gasteiger partial charge is 0.155 e. The highest BCUT2D eigenvalue weighted by Gasteiger charge is 1.93. The van der Waals surface area contributed by atoms with Crippen LogP contribution >= 0.6 is 0 Å². The zero-order valence-electron chi connectivity index (χ0n) is 9.17. The summed E-state index contributed by atoms with van der Waals surface area (Å²) in [6.45, 7) is 7.71. The van der Waals surface area contributed by atoms with Crippen LogP contribution in [0.1, 0.15) is 20.3 Å². The minimum Gasteiger partial charge on any atom is -0.380 e. The summed E-state index contributed by atoms with van der Waals surface area (Å²) in [5.41, 5.74) is 0. The molecule has 84 valence electrons. The molecule has 0 atom stereocenters. The molecule has 0 fully saturated rings. The lowest BCUT2D eigenvalue weighted by Crippen LogP contribution is -2.19. The van der Waals surface area contributed by atoms with Gasteiger partial charge in [0.15, 0.2) is 5.78 Å². The predicted octanol–water partition coefficient (Wildman–Crippen LogP) is 0.608. The number of hydrogen-bond acceptors (Lipinski definition) is 4. The number of carbonyl (C=O) groups is 1. The van der Waals surface area contributed by atoms with Crippen LogP contribution in [0, 0.1) is 0 Å². The van der Waals surface area contributed by atoms with Crippen molar-refractivity contribution in [3.8, 4) is 0 Å². The fourth-order valence-electron chi connectivity index (χ4n) is 0.902. The molecule has 0 aliphatic rings. The molecular formula is C10H21NO3. The van der Waals surface area contributed by atoms with E-state index in [4.69, 9.17) is 9.47 Å². The van der Waals surface area contributed by atoms with Crippen molar-refractivity contribution < 1.29 is 14.3 Å². The number of likely N-dealkylation sites (N-methyl/N-ethyl adjacent to an activating group) is 1. The highest BCUT2D eigenvalue weighted by Crippen LogP contribution is 1.85. The molecule has 4 heteroatoms. The van der Waals surface area contributed by atoms with Crippen molar-refractivity contribution in [1.82, 2.24) is 5.32 Å². The molecule has 0 aliphatic carbocycles. The predicted molar refractivity (Wildman–Crippen MR) is 55.5 cm³/mol. The molecule has 14 heavy (non-hydrogen) atoms. The van der Waals surface area contributed by atoms with Gasteiger partial charge in [-0.15, -0.1) is 0 Å². The quantitative estimate of drug-likeness (QED) is 0.528. The molecule has 0 spiro atoms. The fraction of sp³-hybridized carbons (Fsp3) is 0.900. The third kappa shape index (κ3) is 11.6. The summed E-state index contributed by atoms with van der Waals surface area (Å²) >= 11 is 0. The summed E-state index contributed by atoms with van der Waals surface area (Å²) in [5, 5.41) is 3.16. The van der Waals surface area contributed by atoms with Gasteiger partial charge in [-0.1, -0.05) is 6.92 Å². The molecule has 0 heterocycles. The van der Waals surface area contributed by atoms with E-state index in [1.807, 2.05) is 0 Å². The first kappa shape index (κ1) is 13.5. The lowest BCUT2D eigenvalue weighted by Gasteiger charge is -2.04. The Morgan fingerprint density at radius 3 is 2.57 bits per heavy atom. The second-order valence-corrected chi connectivity index (χ2v) is 3.07. The Bertz CT molecular complexity index is 139. The van der Waals surface area contributed by atoms with Crippen LogP contribution in [0.2, 0.25) is 0 Å². The first-order valence-corrected chi connectivity index (χ1v) is 5.13. The molecule has 0 unspecified atom stereocenters. The van der Waals surface area contributed by atoms with Crippen molar-refractivity contribution in [2.75, 3.05) is 39.5 Å². The van der Waals surface area contributed by atoms with E-state index in [1.165, 1.54) is 6.92 Å². The Kier molecular flexibility index (Phi) is 10.3. The summed E-state index contributed by atoms with van der Waals surface area (Å²) in [7, 11) is 0. The third-order valence-corrected chi connectivity index (χ3v) is 1.56. The standard InChI is InChI=1S/C10H21NO3/c1-3-11-5-8-13-6-4-7-14-9-10(2)12/h11H,3-9H2,1-2H3. The van der Waals surface area contributed by atoms with Gasteiger partial charge >= 0.3 is 0 Å². The Hall–Kier alpha value is -0.450. The number of nitrogens with one attached hydrogen (secondary N) is 1. The minimum absolute atomic E-state index is 0.0677. The van der Waals surface area contributed by atoms with E-state index in [-0.39, 0.29) is 12.4 Å². The van der Waals surface area contributed by atoms with Gasteiger partial charge in [0.1, 0.15) is 6.61 Å². The summed E-state index contributed by atoms with van der Waals surface area (Å²) < 4.78 is 10.4. The number of carbonyl (C=O) groups excluding carboxylic acids is 1. The number of ether oxygens (including phenoxy) is 2. The normalized spacial score (nSPS) is 10.4. The van der Waals surface area contributed by atoms with Crippen LogP contribution in [0.15, 0.2) is 0 Å². The van der Waals surface area contributed by atoms with Gasteiger partial charge in [-0.3, -0.25) is 4.79 Å². The Balaban J connectivity index is 2.88. The van der Waals surface area contributed by atoms with E-state index in [0.29, 0.717) is 13.2 Å². The van der Waals surface area contributed by atoms with Crippen LogP contribution in [-0.2, 0) is 14.3 Å². The number of rotatable bonds is 10. The van der Waals surface area contributed by atoms with E-state index in [1.54, 1.807) is 0 Å². The molecule has 0 aromatic carbocycles. The van der Waals surface area contributed by atoms with Gasteiger partial charge < -0.3 is 14.8 Å². The number of Topliss-reactive ketones (excluding diaryl/α,β-unsaturated/α-hetero) is 1. The molecule has 0 amide bonds. The van der Waals surface area contributed by atoms with Gasteiger partial charge in [-0.2, -0.15) is 0 Å². The Morgan fingerprint density at radius 1 is 1.21 bits per heavy atom. The average molecular weight is 203 g/mol. The molecule has 0 bridgehead atoms. The minimum atomic E-state index is 0.0677. The zero-order valence-corrected chi connectivity index (χ0v) is 9.17. The zero-order chi connectivity index (χ0) is 10.6. The van der Waals surface area contributed by atoms with Crippen LogP contribution in [-0.4, -0.2) is 45.3 Å². The summed E-state index contributed by atoms with van der Waals surface area (Å²) in [4.78, 5) is 10.5. The fourth-order valence-corrected chi connectivity index (χ4v) is 0.902. The molecule has 1 N–H and O–H groups in total. The highest BCUT2D eigenvalue weighted by atomic mass is 16.5. The molecule has 0 aromatic heterocycles. The molecule has 0 rings (SSSR count). The van der Waals surface area contributed by atoms with Crippen LogP contribution < -0.4 is 5.32 Å². The van der Waals surface area contributed by atoms with Crippen molar-refractivity contribution in [3.63, 3.8) is 0 Å². The molecule has 0 saturated carbocycles. The molecule has 0 aromatic rings. The van der Waals surface area contributed by atoms with Crippen molar-refractivity contribution >= 4 is 5.78 Å². The van der Waals surface area contributed by atoms with Gasteiger partial charge in [-0.25, -0.2) is 0 Å². The largest absolute Gasteiger partial charge is 0.380 e. The monoisotopic (exact) mass is 203 g/mol. The first-order valence-electron chi connectivity index (χ1n) is 5.13. The maximum atomic E-state index is 10.5. The molecule has 4 nitrogen and oxygen atoms in total. The van der Waals surface area contributed by atoms with Crippen LogP contribution in [0.3, 0.4) is 0 Å². The van der Waals surface area contributed by atoms with Crippen molar-refractivity contribution in [2.45, 2.75) is 20.3 Å². The maximum absolute atomic E-state index is 10.5. The van der Waals surface area contributed by atoms with Gasteiger partial charge in [0.25, 0.3) is 0 Å². The van der Waals surface area contributed by atoms with Gasteiger partial charge in [0.05, 0.1) is 6.61 Å². The van der Waals surface area contributed by atoms with Crippen molar-refractivity contribution in [1.29, 1.82) is 0 Å². The molecule has 0 aliphatic heterocycles. The van der Waals surface area contributed by atoms with Gasteiger partial charge in [0.2, 0.25) is 0 Å². The van der Waals surface area contributed by atoms with Crippen LogP contribution in [0.4, 0.5) is 0 Å². The first-order chi connectivity index (χ1) is 6.77. The Labute approximate surface area is 86.0 Å². The number of ketones is 1. The van der Waals surface area contributed by atoms with E-state index in [0.717, 1.165) is 26.1 Å². The van der Waals surface area contributed by atoms with Crippen LogP contribution in [0.25, 0.3) is 0 Å². The van der Waals surface area contributed by atoms with Crippen molar-refractivity contribution in [2.24, 2.45) is 0 Å². The van der Waals surface area contributed by atoms with E-state index >= 15 is 0 Å². The lowest BCUT2D eigenvalue weighted by atomic mass is 10.4. The second-order valence-electron chi connectivity index (χ2n) is 3.07. The van der Waals surface area contributed by atoms with E-state index < -0.39 is 0 Å². The average Bonchev–Trinajstić information content (AvgIpc) is 2.15. The SMILES string of the molecule is CCNCCOCCCOCC(C)=O. The molecule has 0 saturated heterocycles. The summed E-state index contributed by atoms with van der Waals surface area (Å²) in [6, 6.07) is 0. The van der Waals surface area contributed by atoms with Gasteiger partial charge in [-0.05, 0) is 19.9 Å². The van der Waals surface area contributed by atoms with E-state index in [9.17, 15) is 4.79 Å². The van der Waals surface area contributed by atoms with Crippen LogP contribution in [0.5, 0.6) is 0 Å². The van der Waals surface area contributed by atoms with Crippen molar-refractivity contribution in [3.05, 3.63) is 0 Å². The molecular weight excluding hydrogens is 182 g/mol. The number of hydrogen-bond donors (Lipinski definition) is 1. The summed E-state index contributed by atoms with van der Waals surface area (Å²) in [5.74, 6) is 0.0677.